The van der Waals surface area contributed by atoms with E-state index < -0.39 is 68.3 Å². The van der Waals surface area contributed by atoms with E-state index >= 15 is 0 Å². The molecule has 0 spiro atoms. The molecule has 0 atom stereocenters. The van der Waals surface area contributed by atoms with E-state index in [1.165, 1.54) is 12.1 Å². The molecule has 1 heterocycles. The molecule has 1 aliphatic heterocycles. The Kier molecular flexibility index (Phi) is 5.37. The topological polar surface area (TPSA) is 193 Å². The Morgan fingerprint density at radius 2 is 1.52 bits per heavy atom. The molecule has 14 nitrogen and oxygen atoms in total. The highest BCUT2D eigenvalue weighted by molar-refractivity contribution is 6.23. The van der Waals surface area contributed by atoms with Crippen molar-refractivity contribution in [2.24, 2.45) is 0 Å². The Labute approximate surface area is 171 Å². The van der Waals surface area contributed by atoms with Gasteiger partial charge < -0.3 is 4.74 Å². The number of nitro groups is 3. The summed E-state index contributed by atoms with van der Waals surface area (Å²) in [6.07, 6.45) is 0. The zero-order chi connectivity index (χ0) is 22.9. The summed E-state index contributed by atoms with van der Waals surface area (Å²) in [6.45, 7) is -0.999. The van der Waals surface area contributed by atoms with E-state index in [0.29, 0.717) is 11.0 Å². The van der Waals surface area contributed by atoms with Crippen LogP contribution in [0.1, 0.15) is 31.1 Å². The number of hydrogen-bond acceptors (Lipinski definition) is 10. The summed E-state index contributed by atoms with van der Waals surface area (Å²) in [6, 6.07) is 5.80. The third kappa shape index (κ3) is 3.89. The van der Waals surface area contributed by atoms with Crippen LogP contribution in [0.2, 0.25) is 0 Å². The van der Waals surface area contributed by atoms with Crippen LogP contribution < -0.4 is 0 Å². The van der Waals surface area contributed by atoms with Gasteiger partial charge in [-0.1, -0.05) is 6.07 Å². The molecule has 0 radical (unpaired) electrons. The van der Waals surface area contributed by atoms with Gasteiger partial charge in [-0.15, -0.1) is 0 Å². The predicted molar refractivity (Wildman–Crippen MR) is 98.5 cm³/mol. The molecule has 0 bridgehead atoms. The molecule has 2 aromatic rings. The number of hydrogen-bond donors (Lipinski definition) is 0. The van der Waals surface area contributed by atoms with Crippen molar-refractivity contribution in [2.45, 2.75) is 0 Å². The van der Waals surface area contributed by atoms with E-state index in [1.807, 2.05) is 0 Å². The molecule has 14 heteroatoms. The van der Waals surface area contributed by atoms with Crippen LogP contribution in [-0.2, 0) is 4.74 Å². The molecule has 0 saturated heterocycles. The number of benzene rings is 2. The second kappa shape index (κ2) is 7.94. The van der Waals surface area contributed by atoms with Gasteiger partial charge in [0.05, 0.1) is 38.5 Å². The first-order valence-corrected chi connectivity index (χ1v) is 8.36. The Bertz CT molecular complexity index is 1140. The lowest BCUT2D eigenvalue weighted by atomic mass is 10.1. The summed E-state index contributed by atoms with van der Waals surface area (Å²) in [5, 5.41) is 32.9. The number of esters is 1. The maximum Gasteiger partial charge on any atom is 0.338 e. The van der Waals surface area contributed by atoms with Gasteiger partial charge in [-0.3, -0.25) is 44.8 Å². The van der Waals surface area contributed by atoms with Crippen molar-refractivity contribution in [1.29, 1.82) is 0 Å². The quantitative estimate of drug-likeness (QED) is 0.271. The fourth-order valence-corrected chi connectivity index (χ4v) is 2.91. The van der Waals surface area contributed by atoms with Crippen molar-refractivity contribution in [3.05, 3.63) is 83.4 Å². The van der Waals surface area contributed by atoms with Crippen LogP contribution in [0.15, 0.2) is 36.4 Å². The van der Waals surface area contributed by atoms with Gasteiger partial charge in [0.15, 0.2) is 0 Å². The summed E-state index contributed by atoms with van der Waals surface area (Å²) in [7, 11) is 0. The van der Waals surface area contributed by atoms with Gasteiger partial charge in [0.25, 0.3) is 28.9 Å². The highest BCUT2D eigenvalue weighted by Crippen LogP contribution is 2.30. The normalized spacial score (nSPS) is 12.5. The molecule has 0 saturated carbocycles. The molecule has 158 valence electrons. The van der Waals surface area contributed by atoms with Crippen molar-refractivity contribution < 1.29 is 33.9 Å². The molecule has 0 aromatic heterocycles. The van der Waals surface area contributed by atoms with E-state index in [4.69, 9.17) is 4.74 Å². The monoisotopic (exact) mass is 430 g/mol. The van der Waals surface area contributed by atoms with Crippen molar-refractivity contribution in [2.75, 3.05) is 13.2 Å². The molecule has 0 aliphatic carbocycles. The van der Waals surface area contributed by atoms with Crippen LogP contribution in [-0.4, -0.2) is 50.6 Å². The Morgan fingerprint density at radius 1 is 0.903 bits per heavy atom. The highest BCUT2D eigenvalue weighted by Gasteiger charge is 2.40. The van der Waals surface area contributed by atoms with Crippen molar-refractivity contribution in [3.63, 3.8) is 0 Å². The van der Waals surface area contributed by atoms with Crippen molar-refractivity contribution in [1.82, 2.24) is 4.90 Å². The highest BCUT2D eigenvalue weighted by atomic mass is 16.6. The largest absolute Gasteiger partial charge is 0.460 e. The Hall–Kier alpha value is -4.75. The fourth-order valence-electron chi connectivity index (χ4n) is 2.91. The Morgan fingerprint density at radius 3 is 2.06 bits per heavy atom. The number of carbonyl (C=O) groups excluding carboxylic acids is 3. The first kappa shape index (κ1) is 21.0. The SMILES string of the molecule is O=C(OCCN1C(=O)c2cccc([N+](=O)[O-])c2C1=O)c1cc([N+](=O)[O-])cc([N+](=O)[O-])c1. The number of amides is 2. The van der Waals surface area contributed by atoms with Crippen LogP contribution in [0.4, 0.5) is 17.1 Å². The smallest absolute Gasteiger partial charge is 0.338 e. The van der Waals surface area contributed by atoms with Gasteiger partial charge in [0.2, 0.25) is 0 Å². The van der Waals surface area contributed by atoms with Gasteiger partial charge in [-0.05, 0) is 6.07 Å². The summed E-state index contributed by atoms with van der Waals surface area (Å²) < 4.78 is 4.87. The van der Waals surface area contributed by atoms with Crippen molar-refractivity contribution in [3.8, 4) is 0 Å². The van der Waals surface area contributed by atoms with Gasteiger partial charge >= 0.3 is 5.97 Å². The van der Waals surface area contributed by atoms with Crippen LogP contribution in [0.5, 0.6) is 0 Å². The lowest BCUT2D eigenvalue weighted by Crippen LogP contribution is -2.33. The lowest BCUT2D eigenvalue weighted by Gasteiger charge is -2.13. The average Bonchev–Trinajstić information content (AvgIpc) is 2.98. The van der Waals surface area contributed by atoms with Gasteiger partial charge in [0.1, 0.15) is 12.2 Å². The van der Waals surface area contributed by atoms with E-state index in [-0.39, 0.29) is 11.1 Å². The molecule has 1 aliphatic rings. The molecular weight excluding hydrogens is 420 g/mol. The average molecular weight is 430 g/mol. The molecule has 0 unspecified atom stereocenters. The maximum absolute atomic E-state index is 12.4. The predicted octanol–water partition coefficient (Wildman–Crippen LogP) is 1.86. The minimum Gasteiger partial charge on any atom is -0.460 e. The van der Waals surface area contributed by atoms with Crippen LogP contribution in [0.25, 0.3) is 0 Å². The maximum atomic E-state index is 12.4. The summed E-state index contributed by atoms with van der Waals surface area (Å²) in [4.78, 5) is 67.8. The standard InChI is InChI=1S/C17H10N4O10/c22-15-12-2-1-3-13(21(29)30)14(12)16(23)18(15)4-5-31-17(24)9-6-10(19(25)26)8-11(7-9)20(27)28/h1-3,6-8H,4-5H2. The molecule has 0 fully saturated rings. The third-order valence-corrected chi connectivity index (χ3v) is 4.28. The minimum absolute atomic E-state index is 0.167. The summed E-state index contributed by atoms with van der Waals surface area (Å²) >= 11 is 0. The van der Waals surface area contributed by atoms with Crippen LogP contribution in [0.3, 0.4) is 0 Å². The zero-order valence-corrected chi connectivity index (χ0v) is 15.2. The number of ether oxygens (including phenoxy) is 1. The summed E-state index contributed by atoms with van der Waals surface area (Å²) in [5.41, 5.74) is -2.96. The second-order valence-corrected chi connectivity index (χ2v) is 6.11. The number of nitrogens with zero attached hydrogens (tertiary/aromatic N) is 4. The first-order chi connectivity index (χ1) is 14.6. The number of non-ortho nitro benzene ring substituents is 2. The Balaban J connectivity index is 1.73. The fraction of sp³-hybridized carbons (Fsp3) is 0.118. The van der Waals surface area contributed by atoms with Gasteiger partial charge in [-0.2, -0.15) is 0 Å². The van der Waals surface area contributed by atoms with E-state index in [1.54, 1.807) is 0 Å². The zero-order valence-electron chi connectivity index (χ0n) is 15.2. The molecule has 2 aromatic carbocycles. The molecular formula is C17H10N4O10. The lowest BCUT2D eigenvalue weighted by molar-refractivity contribution is -0.394. The van der Waals surface area contributed by atoms with E-state index in [2.05, 4.69) is 0 Å². The second-order valence-electron chi connectivity index (χ2n) is 6.11. The van der Waals surface area contributed by atoms with Gasteiger partial charge in [0, 0.05) is 18.2 Å². The van der Waals surface area contributed by atoms with Gasteiger partial charge in [-0.25, -0.2) is 4.79 Å². The number of rotatable bonds is 7. The first-order valence-electron chi connectivity index (χ1n) is 8.36. The molecule has 0 N–H and O–H groups in total. The number of nitro benzene ring substituents is 3. The van der Waals surface area contributed by atoms with Crippen LogP contribution in [0, 0.1) is 30.3 Å². The van der Waals surface area contributed by atoms with E-state index in [0.717, 1.165) is 18.2 Å². The number of fused-ring (bicyclic) bond motifs is 1. The third-order valence-electron chi connectivity index (χ3n) is 4.28. The number of imide groups is 1. The molecule has 3 rings (SSSR count). The summed E-state index contributed by atoms with van der Waals surface area (Å²) in [5.74, 6) is -2.91. The minimum atomic E-state index is -1.16. The van der Waals surface area contributed by atoms with Crippen LogP contribution >= 0.6 is 0 Å². The van der Waals surface area contributed by atoms with E-state index in [9.17, 15) is 44.7 Å². The van der Waals surface area contributed by atoms with Crippen molar-refractivity contribution >= 4 is 34.8 Å². The number of carbonyl (C=O) groups is 3. The molecule has 31 heavy (non-hydrogen) atoms. The molecule has 2 amide bonds.